The smallest absolute Gasteiger partial charge is 0.244 e. The number of hydrogen-bond donors (Lipinski definition) is 1. The van der Waals surface area contributed by atoms with Gasteiger partial charge in [0.15, 0.2) is 0 Å². The number of nitrogens with zero attached hydrogens (tertiary/aromatic N) is 1. The van der Waals surface area contributed by atoms with Crippen molar-refractivity contribution >= 4 is 21.6 Å². The third-order valence-electron chi connectivity index (χ3n) is 2.25. The second kappa shape index (κ2) is 5.64. The van der Waals surface area contributed by atoms with E-state index < -0.39 is 10.0 Å². The van der Waals surface area contributed by atoms with Crippen molar-refractivity contribution in [1.29, 1.82) is 0 Å². The van der Waals surface area contributed by atoms with E-state index in [-0.39, 0.29) is 23.1 Å². The number of benzene rings is 1. The summed E-state index contributed by atoms with van der Waals surface area (Å²) in [5.74, 6) is 0. The first-order valence-corrected chi connectivity index (χ1v) is 6.71. The van der Waals surface area contributed by atoms with Crippen LogP contribution in [0.25, 0.3) is 0 Å². The molecule has 4 nitrogen and oxygen atoms in total. The standard InChI is InChI=1S/C11H14ClNO3S/c1-3-6-13(2)17(15,16)11-7-9(8-14)4-5-10(11)12/h3-5,7,14H,1,6,8H2,2H3. The average Bonchev–Trinajstić information content (AvgIpc) is 2.29. The van der Waals surface area contributed by atoms with Crippen LogP contribution in [0.5, 0.6) is 0 Å². The highest BCUT2D eigenvalue weighted by atomic mass is 35.5. The van der Waals surface area contributed by atoms with Crippen LogP contribution in [-0.4, -0.2) is 31.4 Å². The van der Waals surface area contributed by atoms with Gasteiger partial charge in [-0.3, -0.25) is 0 Å². The highest BCUT2D eigenvalue weighted by Gasteiger charge is 2.22. The van der Waals surface area contributed by atoms with E-state index >= 15 is 0 Å². The number of likely N-dealkylation sites (N-methyl/N-ethyl adjacent to an activating group) is 1. The van der Waals surface area contributed by atoms with Gasteiger partial charge in [0.1, 0.15) is 4.90 Å². The molecule has 0 saturated carbocycles. The zero-order valence-electron chi connectivity index (χ0n) is 9.43. The lowest BCUT2D eigenvalue weighted by molar-refractivity contribution is 0.281. The van der Waals surface area contributed by atoms with Crippen LogP contribution in [0.3, 0.4) is 0 Å². The van der Waals surface area contributed by atoms with Gasteiger partial charge in [-0.1, -0.05) is 23.7 Å². The maximum absolute atomic E-state index is 12.1. The maximum atomic E-state index is 12.1. The van der Waals surface area contributed by atoms with Gasteiger partial charge in [-0.25, -0.2) is 8.42 Å². The average molecular weight is 276 g/mol. The van der Waals surface area contributed by atoms with Crippen molar-refractivity contribution in [1.82, 2.24) is 4.31 Å². The normalized spacial score (nSPS) is 11.8. The second-order valence-corrected chi connectivity index (χ2v) is 5.92. The zero-order chi connectivity index (χ0) is 13.1. The van der Waals surface area contributed by atoms with Crippen molar-refractivity contribution in [3.63, 3.8) is 0 Å². The molecule has 0 aromatic heterocycles. The van der Waals surface area contributed by atoms with Gasteiger partial charge < -0.3 is 5.11 Å². The number of sulfonamides is 1. The van der Waals surface area contributed by atoms with E-state index in [2.05, 4.69) is 6.58 Å². The Morgan fingerprint density at radius 1 is 1.53 bits per heavy atom. The van der Waals surface area contributed by atoms with Gasteiger partial charge in [-0.05, 0) is 17.7 Å². The van der Waals surface area contributed by atoms with Crippen molar-refractivity contribution in [2.45, 2.75) is 11.5 Å². The molecule has 0 atom stereocenters. The van der Waals surface area contributed by atoms with Crippen molar-refractivity contribution in [2.75, 3.05) is 13.6 Å². The van der Waals surface area contributed by atoms with Crippen molar-refractivity contribution in [3.8, 4) is 0 Å². The van der Waals surface area contributed by atoms with Gasteiger partial charge in [0.2, 0.25) is 10.0 Å². The van der Waals surface area contributed by atoms with Gasteiger partial charge in [0, 0.05) is 13.6 Å². The summed E-state index contributed by atoms with van der Waals surface area (Å²) in [4.78, 5) is -0.00457. The van der Waals surface area contributed by atoms with Crippen molar-refractivity contribution in [2.24, 2.45) is 0 Å². The van der Waals surface area contributed by atoms with Gasteiger partial charge >= 0.3 is 0 Å². The lowest BCUT2D eigenvalue weighted by Crippen LogP contribution is -2.27. The number of halogens is 1. The van der Waals surface area contributed by atoms with Crippen LogP contribution >= 0.6 is 11.6 Å². The molecular formula is C11H14ClNO3S. The molecular weight excluding hydrogens is 262 g/mol. The van der Waals surface area contributed by atoms with Gasteiger partial charge in [-0.2, -0.15) is 4.31 Å². The predicted octanol–water partition coefficient (Wildman–Crippen LogP) is 1.64. The lowest BCUT2D eigenvalue weighted by Gasteiger charge is -2.16. The highest BCUT2D eigenvalue weighted by Crippen LogP contribution is 2.25. The maximum Gasteiger partial charge on any atom is 0.244 e. The number of rotatable bonds is 5. The summed E-state index contributed by atoms with van der Waals surface area (Å²) in [6, 6.07) is 4.41. The Balaban J connectivity index is 3.27. The molecule has 0 aliphatic heterocycles. The molecule has 0 fully saturated rings. The number of aliphatic hydroxyl groups excluding tert-OH is 1. The fourth-order valence-corrected chi connectivity index (χ4v) is 2.95. The third kappa shape index (κ3) is 3.07. The number of aliphatic hydroxyl groups is 1. The topological polar surface area (TPSA) is 57.6 Å². The summed E-state index contributed by atoms with van der Waals surface area (Å²) < 4.78 is 25.4. The largest absolute Gasteiger partial charge is 0.392 e. The molecule has 0 aliphatic rings. The molecule has 0 amide bonds. The van der Waals surface area contributed by atoms with E-state index in [1.54, 1.807) is 6.07 Å². The van der Waals surface area contributed by atoms with E-state index in [0.717, 1.165) is 4.31 Å². The molecule has 0 spiro atoms. The molecule has 0 aliphatic carbocycles. The van der Waals surface area contributed by atoms with Gasteiger partial charge in [0.05, 0.1) is 11.6 Å². The first-order valence-electron chi connectivity index (χ1n) is 4.90. The summed E-state index contributed by atoms with van der Waals surface area (Å²) in [6.45, 7) is 3.45. The molecule has 17 heavy (non-hydrogen) atoms. The Kier molecular flexibility index (Phi) is 4.70. The minimum absolute atomic E-state index is 0.00457. The fraction of sp³-hybridized carbons (Fsp3) is 0.273. The molecule has 0 radical (unpaired) electrons. The Morgan fingerprint density at radius 3 is 2.71 bits per heavy atom. The first-order chi connectivity index (χ1) is 7.93. The zero-order valence-corrected chi connectivity index (χ0v) is 11.0. The molecule has 0 saturated heterocycles. The molecule has 0 heterocycles. The van der Waals surface area contributed by atoms with E-state index in [9.17, 15) is 8.42 Å². The highest BCUT2D eigenvalue weighted by molar-refractivity contribution is 7.89. The molecule has 94 valence electrons. The summed E-state index contributed by atoms with van der Waals surface area (Å²) in [5, 5.41) is 9.13. The van der Waals surface area contributed by atoms with E-state index in [0.29, 0.717) is 5.56 Å². The molecule has 1 aromatic carbocycles. The van der Waals surface area contributed by atoms with Crippen LogP contribution in [0.1, 0.15) is 5.56 Å². The first kappa shape index (κ1) is 14.2. The van der Waals surface area contributed by atoms with Gasteiger partial charge in [-0.15, -0.1) is 6.58 Å². The van der Waals surface area contributed by atoms with E-state index in [1.165, 1.54) is 25.3 Å². The Hall–Kier alpha value is -0.880. The SMILES string of the molecule is C=CCN(C)S(=O)(=O)c1cc(CO)ccc1Cl. The minimum atomic E-state index is -3.65. The molecule has 1 aromatic rings. The molecule has 0 bridgehead atoms. The molecule has 1 rings (SSSR count). The third-order valence-corrected chi connectivity index (χ3v) is 4.56. The van der Waals surface area contributed by atoms with Crippen LogP contribution < -0.4 is 0 Å². The van der Waals surface area contributed by atoms with E-state index in [4.69, 9.17) is 16.7 Å². The summed E-state index contributed by atoms with van der Waals surface area (Å²) >= 11 is 5.87. The lowest BCUT2D eigenvalue weighted by atomic mass is 10.2. The van der Waals surface area contributed by atoms with Crippen LogP contribution in [0.2, 0.25) is 5.02 Å². The van der Waals surface area contributed by atoms with Crippen molar-refractivity contribution < 1.29 is 13.5 Å². The van der Waals surface area contributed by atoms with Crippen LogP contribution in [0, 0.1) is 0 Å². The minimum Gasteiger partial charge on any atom is -0.392 e. The summed E-state index contributed by atoms with van der Waals surface area (Å²) in [7, 11) is -2.20. The van der Waals surface area contributed by atoms with Crippen LogP contribution in [-0.2, 0) is 16.6 Å². The predicted molar refractivity (Wildman–Crippen MR) is 67.4 cm³/mol. The fourth-order valence-electron chi connectivity index (χ4n) is 1.29. The quantitative estimate of drug-likeness (QED) is 0.831. The Bertz CT molecular complexity index is 513. The molecule has 6 heteroatoms. The van der Waals surface area contributed by atoms with Gasteiger partial charge in [0.25, 0.3) is 0 Å². The molecule has 0 unspecified atom stereocenters. The van der Waals surface area contributed by atoms with Crippen LogP contribution in [0.4, 0.5) is 0 Å². The molecule has 1 N–H and O–H groups in total. The summed E-state index contributed by atoms with van der Waals surface area (Å²) in [6.07, 6.45) is 1.49. The monoisotopic (exact) mass is 275 g/mol. The Labute approximate surface area is 106 Å². The van der Waals surface area contributed by atoms with E-state index in [1.807, 2.05) is 0 Å². The van der Waals surface area contributed by atoms with Crippen LogP contribution in [0.15, 0.2) is 35.7 Å². The second-order valence-electron chi connectivity index (χ2n) is 3.50. The Morgan fingerprint density at radius 2 is 2.18 bits per heavy atom. The number of hydrogen-bond acceptors (Lipinski definition) is 3. The van der Waals surface area contributed by atoms with Crippen molar-refractivity contribution in [3.05, 3.63) is 41.4 Å². The summed E-state index contributed by atoms with van der Waals surface area (Å²) in [5.41, 5.74) is 0.500.